The number of allylic oxidation sites excluding steroid dienone is 1. The van der Waals surface area contributed by atoms with E-state index in [0.717, 1.165) is 5.56 Å². The molecule has 0 radical (unpaired) electrons. The quantitative estimate of drug-likeness (QED) is 0.229. The van der Waals surface area contributed by atoms with Crippen LogP contribution in [0, 0.1) is 0 Å². The second kappa shape index (κ2) is 10.1. The molecule has 6 rings (SSSR count). The maximum atomic E-state index is 13.9. The molecule has 1 aliphatic rings. The summed E-state index contributed by atoms with van der Waals surface area (Å²) in [5.74, 6) is -0.475. The van der Waals surface area contributed by atoms with Gasteiger partial charge in [0.1, 0.15) is 5.52 Å². The van der Waals surface area contributed by atoms with Crippen LogP contribution in [0.2, 0.25) is 10.0 Å². The van der Waals surface area contributed by atoms with Gasteiger partial charge >= 0.3 is 0 Å². The summed E-state index contributed by atoms with van der Waals surface area (Å²) >= 11 is 14.0. The normalized spacial score (nSPS) is 16.8. The van der Waals surface area contributed by atoms with Gasteiger partial charge in [-0.05, 0) is 43.3 Å². The van der Waals surface area contributed by atoms with E-state index in [1.54, 1.807) is 61.8 Å². The lowest BCUT2D eigenvalue weighted by atomic mass is 9.88. The molecule has 0 saturated heterocycles. The highest BCUT2D eigenvalue weighted by atomic mass is 35.5. The number of aromatic nitrogens is 4. The van der Waals surface area contributed by atoms with Crippen LogP contribution in [0.4, 0.5) is 11.1 Å². The number of fused-ring (bicyclic) bond motifs is 1. The second-order valence-electron chi connectivity index (χ2n) is 8.46. The highest BCUT2D eigenvalue weighted by Crippen LogP contribution is 2.42. The Morgan fingerprint density at radius 3 is 2.79 bits per heavy atom. The Balaban J connectivity index is 1.42. The minimum absolute atomic E-state index is 0.124. The Bertz CT molecular complexity index is 1770. The SMILES string of the molecule is CC1=C(C(=O)Nc2nnc(-c3cccnc3)s2)C(Nc2nc3cc(Cl)ccc3o2)(c2ccccc2Cl)N=CN1. The summed E-state index contributed by atoms with van der Waals surface area (Å²) < 4.78 is 5.95. The van der Waals surface area contributed by atoms with E-state index in [-0.39, 0.29) is 11.6 Å². The molecular formula is C26H18Cl2N8O2S. The molecule has 5 aromatic rings. The minimum atomic E-state index is -1.50. The summed E-state index contributed by atoms with van der Waals surface area (Å²) in [5.41, 5.74) is 1.63. The van der Waals surface area contributed by atoms with Crippen LogP contribution in [0.3, 0.4) is 0 Å². The van der Waals surface area contributed by atoms with Crippen molar-refractivity contribution < 1.29 is 9.21 Å². The van der Waals surface area contributed by atoms with Crippen molar-refractivity contribution in [1.82, 2.24) is 25.5 Å². The Morgan fingerprint density at radius 2 is 1.97 bits per heavy atom. The van der Waals surface area contributed by atoms with Gasteiger partial charge in [0.25, 0.3) is 11.9 Å². The van der Waals surface area contributed by atoms with E-state index in [2.05, 4.69) is 36.1 Å². The average Bonchev–Trinajstić information content (AvgIpc) is 3.55. The number of amides is 1. The van der Waals surface area contributed by atoms with Gasteiger partial charge in [-0.15, -0.1) is 10.2 Å². The summed E-state index contributed by atoms with van der Waals surface area (Å²) in [5, 5.41) is 19.3. The molecule has 0 bridgehead atoms. The van der Waals surface area contributed by atoms with E-state index in [4.69, 9.17) is 32.6 Å². The summed E-state index contributed by atoms with van der Waals surface area (Å²) in [6, 6.07) is 16.0. The van der Waals surface area contributed by atoms with E-state index in [9.17, 15) is 4.79 Å². The number of rotatable bonds is 6. The first-order chi connectivity index (χ1) is 18.9. The topological polar surface area (TPSA) is 130 Å². The number of hydrogen-bond acceptors (Lipinski definition) is 10. The minimum Gasteiger partial charge on any atom is -0.423 e. The molecule has 39 heavy (non-hydrogen) atoms. The number of carbonyl (C=O) groups excluding carboxylic acids is 1. The van der Waals surface area contributed by atoms with Crippen LogP contribution in [0.5, 0.6) is 0 Å². The summed E-state index contributed by atoms with van der Waals surface area (Å²) in [6.45, 7) is 1.76. The lowest BCUT2D eigenvalue weighted by Crippen LogP contribution is -2.45. The molecule has 194 valence electrons. The smallest absolute Gasteiger partial charge is 0.298 e. The number of benzene rings is 2. The van der Waals surface area contributed by atoms with Crippen molar-refractivity contribution >= 4 is 69.0 Å². The summed E-state index contributed by atoms with van der Waals surface area (Å²) in [7, 11) is 0. The van der Waals surface area contributed by atoms with Crippen molar-refractivity contribution in [3.63, 3.8) is 0 Å². The molecule has 0 aliphatic carbocycles. The van der Waals surface area contributed by atoms with Gasteiger partial charge < -0.3 is 15.1 Å². The van der Waals surface area contributed by atoms with Gasteiger partial charge in [-0.3, -0.25) is 15.1 Å². The van der Waals surface area contributed by atoms with E-state index < -0.39 is 11.6 Å². The highest BCUT2D eigenvalue weighted by Gasteiger charge is 2.45. The van der Waals surface area contributed by atoms with Gasteiger partial charge in [-0.25, -0.2) is 4.99 Å². The number of anilines is 2. The molecule has 0 fully saturated rings. The molecule has 1 atom stereocenters. The Labute approximate surface area is 235 Å². The largest absolute Gasteiger partial charge is 0.423 e. The molecule has 2 aromatic carbocycles. The van der Waals surface area contributed by atoms with Crippen molar-refractivity contribution in [1.29, 1.82) is 0 Å². The number of nitrogens with zero attached hydrogens (tertiary/aromatic N) is 5. The van der Waals surface area contributed by atoms with Crippen LogP contribution < -0.4 is 16.0 Å². The highest BCUT2D eigenvalue weighted by molar-refractivity contribution is 7.18. The molecular weight excluding hydrogens is 559 g/mol. The first-order valence-corrected chi connectivity index (χ1v) is 13.2. The van der Waals surface area contributed by atoms with Crippen LogP contribution in [-0.2, 0) is 10.5 Å². The van der Waals surface area contributed by atoms with E-state index >= 15 is 0 Å². The van der Waals surface area contributed by atoms with Gasteiger partial charge in [-0.1, -0.05) is 52.7 Å². The average molecular weight is 577 g/mol. The number of aliphatic imine (C=N–C) groups is 1. The fourth-order valence-electron chi connectivity index (χ4n) is 4.24. The zero-order valence-electron chi connectivity index (χ0n) is 20.1. The zero-order valence-corrected chi connectivity index (χ0v) is 22.5. The number of carbonyl (C=O) groups is 1. The lowest BCUT2D eigenvalue weighted by molar-refractivity contribution is -0.113. The molecule has 1 unspecified atom stereocenters. The summed E-state index contributed by atoms with van der Waals surface area (Å²) in [6.07, 6.45) is 4.84. The molecule has 3 N–H and O–H groups in total. The number of hydrogen-bond donors (Lipinski definition) is 3. The number of halogens is 2. The molecule has 1 amide bonds. The third-order valence-electron chi connectivity index (χ3n) is 5.96. The standard InChI is InChI=1S/C26H18Cl2N8O2S/c1-14-21(22(37)33-25-36-35-23(39-25)15-5-4-10-29-12-15)26(31-13-30-14,17-6-2-3-7-18(17)28)34-24-32-19-11-16(27)8-9-20(19)38-24/h2-13H,1H3,(H,30,31)(H,32,34)(H,33,36,37). The summed E-state index contributed by atoms with van der Waals surface area (Å²) in [4.78, 5) is 27.3. The number of nitrogens with one attached hydrogen (secondary N) is 3. The fourth-order valence-corrected chi connectivity index (χ4v) is 5.41. The molecule has 4 heterocycles. The maximum Gasteiger partial charge on any atom is 0.298 e. The van der Waals surface area contributed by atoms with Crippen LogP contribution in [0.25, 0.3) is 21.7 Å². The third-order valence-corrected chi connectivity index (χ3v) is 7.41. The first kappa shape index (κ1) is 25.0. The van der Waals surface area contributed by atoms with Gasteiger partial charge in [0.2, 0.25) is 5.13 Å². The maximum absolute atomic E-state index is 13.9. The van der Waals surface area contributed by atoms with Crippen LogP contribution in [-0.4, -0.2) is 32.4 Å². The molecule has 3 aromatic heterocycles. The van der Waals surface area contributed by atoms with Crippen molar-refractivity contribution in [3.8, 4) is 10.6 Å². The molecule has 10 nitrogen and oxygen atoms in total. The second-order valence-corrected chi connectivity index (χ2v) is 10.3. The van der Waals surface area contributed by atoms with E-state index in [1.807, 2.05) is 12.1 Å². The number of pyridine rings is 1. The van der Waals surface area contributed by atoms with Crippen molar-refractivity contribution in [2.45, 2.75) is 12.6 Å². The predicted molar refractivity (Wildman–Crippen MR) is 152 cm³/mol. The van der Waals surface area contributed by atoms with Crippen molar-refractivity contribution in [3.05, 3.63) is 93.9 Å². The Kier molecular flexibility index (Phi) is 6.47. The molecule has 1 aliphatic heterocycles. The lowest BCUT2D eigenvalue weighted by Gasteiger charge is -2.36. The van der Waals surface area contributed by atoms with Gasteiger partial charge in [0, 0.05) is 39.3 Å². The molecule has 0 saturated carbocycles. The first-order valence-electron chi connectivity index (χ1n) is 11.6. The zero-order chi connectivity index (χ0) is 27.0. The van der Waals surface area contributed by atoms with Crippen LogP contribution in [0.1, 0.15) is 12.5 Å². The monoisotopic (exact) mass is 576 g/mol. The van der Waals surface area contributed by atoms with Crippen LogP contribution >= 0.6 is 34.5 Å². The van der Waals surface area contributed by atoms with Crippen molar-refractivity contribution in [2.75, 3.05) is 10.6 Å². The van der Waals surface area contributed by atoms with Gasteiger partial charge in [0.15, 0.2) is 16.3 Å². The fraction of sp³-hybridized carbons (Fsp3) is 0.0769. The predicted octanol–water partition coefficient (Wildman–Crippen LogP) is 5.86. The van der Waals surface area contributed by atoms with E-state index in [0.29, 0.717) is 42.5 Å². The van der Waals surface area contributed by atoms with Crippen LogP contribution in [0.15, 0.2) is 87.7 Å². The van der Waals surface area contributed by atoms with Crippen molar-refractivity contribution in [2.24, 2.45) is 4.99 Å². The van der Waals surface area contributed by atoms with Gasteiger partial charge in [-0.2, -0.15) is 4.98 Å². The third kappa shape index (κ3) is 4.71. The molecule has 13 heteroatoms. The molecule has 0 spiro atoms. The Hall–Kier alpha value is -4.32. The number of oxazole rings is 1. The Morgan fingerprint density at radius 1 is 1.10 bits per heavy atom. The van der Waals surface area contributed by atoms with Gasteiger partial charge in [0.05, 0.1) is 11.9 Å². The van der Waals surface area contributed by atoms with E-state index in [1.165, 1.54) is 17.7 Å².